The van der Waals surface area contributed by atoms with Gasteiger partial charge in [-0.05, 0) is 24.5 Å². The molecule has 1 amide bonds. The highest BCUT2D eigenvalue weighted by Crippen LogP contribution is 2.16. The Balaban J connectivity index is 2.85. The van der Waals surface area contributed by atoms with Crippen LogP contribution < -0.4 is 10.2 Å². The molecule has 4 heteroatoms. The summed E-state index contributed by atoms with van der Waals surface area (Å²) in [6.07, 6.45) is 2.80. The van der Waals surface area contributed by atoms with E-state index < -0.39 is 0 Å². The summed E-state index contributed by atoms with van der Waals surface area (Å²) in [5.41, 5.74) is 0.626. The highest BCUT2D eigenvalue weighted by Gasteiger charge is 2.14. The van der Waals surface area contributed by atoms with E-state index in [0.29, 0.717) is 11.5 Å². The van der Waals surface area contributed by atoms with Gasteiger partial charge in [0.25, 0.3) is 5.91 Å². The quantitative estimate of drug-likeness (QED) is 0.848. The Hall–Kier alpha value is -1.58. The van der Waals surface area contributed by atoms with Crippen molar-refractivity contribution < 1.29 is 4.79 Å². The van der Waals surface area contributed by atoms with Gasteiger partial charge < -0.3 is 10.2 Å². The number of anilines is 1. The number of nitrogens with zero attached hydrogens (tertiary/aromatic N) is 2. The van der Waals surface area contributed by atoms with E-state index in [-0.39, 0.29) is 5.91 Å². The van der Waals surface area contributed by atoms with Gasteiger partial charge in [-0.15, -0.1) is 0 Å². The van der Waals surface area contributed by atoms with E-state index in [2.05, 4.69) is 24.1 Å². The molecule has 0 saturated heterocycles. The second-order valence-corrected chi connectivity index (χ2v) is 4.56. The Morgan fingerprint density at radius 3 is 2.82 bits per heavy atom. The van der Waals surface area contributed by atoms with Crippen LogP contribution in [-0.2, 0) is 0 Å². The maximum Gasteiger partial charge on any atom is 0.254 e. The molecule has 94 valence electrons. The van der Waals surface area contributed by atoms with Gasteiger partial charge in [-0.1, -0.05) is 13.8 Å². The van der Waals surface area contributed by atoms with Crippen molar-refractivity contribution >= 4 is 11.7 Å². The molecule has 0 atom stereocenters. The van der Waals surface area contributed by atoms with Crippen molar-refractivity contribution in [1.82, 2.24) is 10.3 Å². The van der Waals surface area contributed by atoms with Crippen LogP contribution in [0.4, 0.5) is 5.82 Å². The van der Waals surface area contributed by atoms with Crippen LogP contribution in [-0.4, -0.2) is 31.5 Å². The van der Waals surface area contributed by atoms with Gasteiger partial charge in [0.1, 0.15) is 5.82 Å². The number of aromatic nitrogens is 1. The van der Waals surface area contributed by atoms with Crippen LogP contribution in [0.5, 0.6) is 0 Å². The average molecular weight is 235 g/mol. The number of nitrogens with one attached hydrogen (secondary N) is 1. The number of pyridine rings is 1. The zero-order chi connectivity index (χ0) is 12.8. The summed E-state index contributed by atoms with van der Waals surface area (Å²) in [6.45, 7) is 5.27. The summed E-state index contributed by atoms with van der Waals surface area (Å²) in [4.78, 5) is 18.0. The second kappa shape index (κ2) is 6.23. The normalized spacial score (nSPS) is 10.4. The van der Waals surface area contributed by atoms with Gasteiger partial charge in [0.15, 0.2) is 0 Å². The third kappa shape index (κ3) is 3.73. The van der Waals surface area contributed by atoms with Crippen LogP contribution in [0.3, 0.4) is 0 Å². The maximum atomic E-state index is 11.7. The summed E-state index contributed by atoms with van der Waals surface area (Å²) >= 11 is 0. The minimum atomic E-state index is -0.0931. The zero-order valence-corrected chi connectivity index (χ0v) is 11.0. The number of carbonyl (C=O) groups is 1. The van der Waals surface area contributed by atoms with E-state index in [1.165, 1.54) is 0 Å². The number of carbonyl (C=O) groups excluding carboxylic acids is 1. The van der Waals surface area contributed by atoms with Crippen LogP contribution >= 0.6 is 0 Å². The van der Waals surface area contributed by atoms with Gasteiger partial charge in [0.2, 0.25) is 0 Å². The van der Waals surface area contributed by atoms with Gasteiger partial charge >= 0.3 is 0 Å². The summed E-state index contributed by atoms with van der Waals surface area (Å²) < 4.78 is 0. The molecule has 0 bridgehead atoms. The zero-order valence-electron chi connectivity index (χ0n) is 11.0. The van der Waals surface area contributed by atoms with E-state index in [9.17, 15) is 4.79 Å². The first kappa shape index (κ1) is 13.5. The molecule has 1 rings (SSSR count). The average Bonchev–Trinajstić information content (AvgIpc) is 2.34. The fraction of sp³-hybridized carbons (Fsp3) is 0.538. The largest absolute Gasteiger partial charge is 0.359 e. The van der Waals surface area contributed by atoms with Crippen LogP contribution in [0.2, 0.25) is 0 Å². The summed E-state index contributed by atoms with van der Waals surface area (Å²) in [6, 6.07) is 3.58. The lowest BCUT2D eigenvalue weighted by Crippen LogP contribution is -2.26. The SMILES string of the molecule is CNC(=O)c1cccnc1N(C)CCC(C)C. The lowest BCUT2D eigenvalue weighted by molar-refractivity contribution is 0.0963. The van der Waals surface area contributed by atoms with Crippen molar-refractivity contribution in [2.24, 2.45) is 5.92 Å². The monoisotopic (exact) mass is 235 g/mol. The van der Waals surface area contributed by atoms with Crippen molar-refractivity contribution in [2.75, 3.05) is 25.5 Å². The Morgan fingerprint density at radius 1 is 1.53 bits per heavy atom. The standard InChI is InChI=1S/C13H21N3O/c1-10(2)7-9-16(4)12-11(13(17)14-3)6-5-8-15-12/h5-6,8,10H,7,9H2,1-4H3,(H,14,17). The molecule has 17 heavy (non-hydrogen) atoms. The van der Waals surface area contributed by atoms with Crippen molar-refractivity contribution in [3.63, 3.8) is 0 Å². The van der Waals surface area contributed by atoms with Crippen LogP contribution in [0.15, 0.2) is 18.3 Å². The van der Waals surface area contributed by atoms with E-state index in [0.717, 1.165) is 18.8 Å². The van der Waals surface area contributed by atoms with Crippen LogP contribution in [0, 0.1) is 5.92 Å². The lowest BCUT2D eigenvalue weighted by atomic mass is 10.1. The van der Waals surface area contributed by atoms with E-state index in [1.807, 2.05) is 11.9 Å². The third-order valence-electron chi connectivity index (χ3n) is 2.66. The molecule has 0 aliphatic carbocycles. The Morgan fingerprint density at radius 2 is 2.24 bits per heavy atom. The molecule has 0 fully saturated rings. The van der Waals surface area contributed by atoms with Crippen molar-refractivity contribution in [3.05, 3.63) is 23.9 Å². The molecule has 0 aliphatic rings. The molecule has 1 N–H and O–H groups in total. The summed E-state index contributed by atoms with van der Waals surface area (Å²) in [5.74, 6) is 1.29. The molecular weight excluding hydrogens is 214 g/mol. The molecule has 1 heterocycles. The van der Waals surface area contributed by atoms with Gasteiger partial charge in [0.05, 0.1) is 5.56 Å². The maximum absolute atomic E-state index is 11.7. The molecule has 1 aromatic heterocycles. The molecule has 4 nitrogen and oxygen atoms in total. The molecule has 0 radical (unpaired) electrons. The highest BCUT2D eigenvalue weighted by molar-refractivity contribution is 5.98. The number of hydrogen-bond donors (Lipinski definition) is 1. The molecule has 0 unspecified atom stereocenters. The van der Waals surface area contributed by atoms with Gasteiger partial charge in [-0.3, -0.25) is 4.79 Å². The smallest absolute Gasteiger partial charge is 0.254 e. The lowest BCUT2D eigenvalue weighted by Gasteiger charge is -2.21. The highest BCUT2D eigenvalue weighted by atomic mass is 16.1. The molecule has 0 aliphatic heterocycles. The molecular formula is C13H21N3O. The van der Waals surface area contributed by atoms with Crippen molar-refractivity contribution in [1.29, 1.82) is 0 Å². The first-order valence-corrected chi connectivity index (χ1v) is 5.94. The second-order valence-electron chi connectivity index (χ2n) is 4.56. The van der Waals surface area contributed by atoms with Gasteiger partial charge in [0, 0.05) is 26.8 Å². The molecule has 0 spiro atoms. The fourth-order valence-electron chi connectivity index (χ4n) is 1.57. The fourth-order valence-corrected chi connectivity index (χ4v) is 1.57. The topological polar surface area (TPSA) is 45.2 Å². The predicted octanol–water partition coefficient (Wildman–Crippen LogP) is 1.92. The third-order valence-corrected chi connectivity index (χ3v) is 2.66. The molecule has 1 aromatic rings. The number of rotatable bonds is 5. The van der Waals surface area contributed by atoms with Crippen molar-refractivity contribution in [2.45, 2.75) is 20.3 Å². The molecule has 0 aromatic carbocycles. The Labute approximate surface area is 103 Å². The first-order valence-electron chi connectivity index (χ1n) is 5.94. The summed E-state index contributed by atoms with van der Waals surface area (Å²) in [5, 5.41) is 2.64. The summed E-state index contributed by atoms with van der Waals surface area (Å²) in [7, 11) is 3.60. The van der Waals surface area contributed by atoms with E-state index in [1.54, 1.807) is 25.4 Å². The van der Waals surface area contributed by atoms with Gasteiger partial charge in [-0.2, -0.15) is 0 Å². The number of amides is 1. The minimum Gasteiger partial charge on any atom is -0.359 e. The van der Waals surface area contributed by atoms with Gasteiger partial charge in [-0.25, -0.2) is 4.98 Å². The van der Waals surface area contributed by atoms with Crippen LogP contribution in [0.1, 0.15) is 30.6 Å². The van der Waals surface area contributed by atoms with Crippen molar-refractivity contribution in [3.8, 4) is 0 Å². The Bertz CT molecular complexity index is 377. The predicted molar refractivity (Wildman–Crippen MR) is 70.4 cm³/mol. The van der Waals surface area contributed by atoms with Crippen LogP contribution in [0.25, 0.3) is 0 Å². The van der Waals surface area contributed by atoms with E-state index >= 15 is 0 Å². The Kier molecular flexibility index (Phi) is 4.94. The van der Waals surface area contributed by atoms with E-state index in [4.69, 9.17) is 0 Å². The number of hydrogen-bond acceptors (Lipinski definition) is 3. The first-order chi connectivity index (χ1) is 8.06. The molecule has 0 saturated carbocycles. The minimum absolute atomic E-state index is 0.0931.